The standard InChI is InChI=1S/C8H10ClFN2O.ClH/c9-7-5(10)2-1-4(8(7)13)6(12)3-11;/h1-2,6,13H,3,11-12H2;1H/t6-;/m1./s1. The van der Waals surface area contributed by atoms with Crippen LogP contribution < -0.4 is 11.5 Å². The van der Waals surface area contributed by atoms with Crippen molar-refractivity contribution >= 4 is 24.0 Å². The molecular weight excluding hydrogens is 230 g/mol. The molecule has 1 aromatic carbocycles. The minimum absolute atomic E-state index is 0. The zero-order chi connectivity index (χ0) is 10.0. The third-order valence-corrected chi connectivity index (χ3v) is 2.11. The van der Waals surface area contributed by atoms with Gasteiger partial charge in [-0.3, -0.25) is 0 Å². The molecule has 0 saturated heterocycles. The molecule has 0 saturated carbocycles. The number of aromatic hydroxyl groups is 1. The maximum atomic E-state index is 12.8. The van der Waals surface area contributed by atoms with E-state index in [1.54, 1.807) is 0 Å². The Morgan fingerprint density at radius 1 is 1.50 bits per heavy atom. The van der Waals surface area contributed by atoms with Crippen molar-refractivity contribution in [3.8, 4) is 5.75 Å². The zero-order valence-corrected chi connectivity index (χ0v) is 8.78. The first-order valence-electron chi connectivity index (χ1n) is 3.70. The summed E-state index contributed by atoms with van der Waals surface area (Å²) in [5, 5.41) is 9.05. The Hall–Kier alpha value is -0.550. The van der Waals surface area contributed by atoms with Crippen molar-refractivity contribution in [1.29, 1.82) is 0 Å². The monoisotopic (exact) mass is 240 g/mol. The molecule has 0 spiro atoms. The van der Waals surface area contributed by atoms with Gasteiger partial charge in [0.25, 0.3) is 0 Å². The highest BCUT2D eigenvalue weighted by Crippen LogP contribution is 2.32. The summed E-state index contributed by atoms with van der Waals surface area (Å²) in [5.74, 6) is -1.01. The summed E-state index contributed by atoms with van der Waals surface area (Å²) in [5.41, 5.74) is 11.2. The van der Waals surface area contributed by atoms with Crippen molar-refractivity contribution in [3.05, 3.63) is 28.5 Å². The Morgan fingerprint density at radius 3 is 2.57 bits per heavy atom. The lowest BCUT2D eigenvalue weighted by Gasteiger charge is -2.12. The Morgan fingerprint density at radius 2 is 2.07 bits per heavy atom. The van der Waals surface area contributed by atoms with Crippen molar-refractivity contribution in [1.82, 2.24) is 0 Å². The van der Waals surface area contributed by atoms with Gasteiger partial charge in [-0.15, -0.1) is 12.4 Å². The SMILES string of the molecule is Cl.NC[C@@H](N)c1ccc(F)c(Cl)c1O. The molecular formula is C8H11Cl2FN2O. The van der Waals surface area contributed by atoms with Crippen LogP contribution in [0.1, 0.15) is 11.6 Å². The number of halogens is 3. The van der Waals surface area contributed by atoms with Crippen LogP contribution in [-0.4, -0.2) is 11.7 Å². The van der Waals surface area contributed by atoms with Gasteiger partial charge in [0.2, 0.25) is 0 Å². The van der Waals surface area contributed by atoms with Gasteiger partial charge >= 0.3 is 0 Å². The van der Waals surface area contributed by atoms with Gasteiger partial charge in [-0.25, -0.2) is 4.39 Å². The fraction of sp³-hybridized carbons (Fsp3) is 0.250. The first-order valence-corrected chi connectivity index (χ1v) is 4.08. The van der Waals surface area contributed by atoms with Gasteiger partial charge < -0.3 is 16.6 Å². The van der Waals surface area contributed by atoms with Crippen molar-refractivity contribution in [2.75, 3.05) is 6.54 Å². The smallest absolute Gasteiger partial charge is 0.145 e. The van der Waals surface area contributed by atoms with Gasteiger partial charge in [-0.05, 0) is 6.07 Å². The number of nitrogens with two attached hydrogens (primary N) is 2. The predicted molar refractivity (Wildman–Crippen MR) is 56.3 cm³/mol. The lowest BCUT2D eigenvalue weighted by Crippen LogP contribution is -2.20. The highest BCUT2D eigenvalue weighted by atomic mass is 35.5. The van der Waals surface area contributed by atoms with E-state index in [0.717, 1.165) is 6.07 Å². The van der Waals surface area contributed by atoms with Gasteiger partial charge in [0.15, 0.2) is 0 Å². The summed E-state index contributed by atoms with van der Waals surface area (Å²) in [6, 6.07) is 1.99. The van der Waals surface area contributed by atoms with Gasteiger partial charge in [0.05, 0.1) is 0 Å². The maximum Gasteiger partial charge on any atom is 0.145 e. The van der Waals surface area contributed by atoms with Crippen LogP contribution in [-0.2, 0) is 0 Å². The van der Waals surface area contributed by atoms with Gasteiger partial charge in [-0.1, -0.05) is 17.7 Å². The van der Waals surface area contributed by atoms with E-state index in [4.69, 9.17) is 23.1 Å². The van der Waals surface area contributed by atoms with Crippen LogP contribution in [0, 0.1) is 5.82 Å². The fourth-order valence-electron chi connectivity index (χ4n) is 0.981. The molecule has 0 aliphatic heterocycles. The minimum atomic E-state index is -0.674. The molecule has 5 N–H and O–H groups in total. The molecule has 14 heavy (non-hydrogen) atoms. The van der Waals surface area contributed by atoms with Gasteiger partial charge in [0.1, 0.15) is 16.6 Å². The van der Waals surface area contributed by atoms with E-state index in [-0.39, 0.29) is 29.7 Å². The number of rotatable bonds is 2. The fourth-order valence-corrected chi connectivity index (χ4v) is 1.15. The average Bonchev–Trinajstić information content (AvgIpc) is 2.13. The van der Waals surface area contributed by atoms with E-state index in [0.29, 0.717) is 5.56 Å². The Bertz CT molecular complexity index is 322. The first kappa shape index (κ1) is 13.4. The van der Waals surface area contributed by atoms with E-state index < -0.39 is 11.9 Å². The van der Waals surface area contributed by atoms with E-state index in [9.17, 15) is 9.50 Å². The van der Waals surface area contributed by atoms with Crippen LogP contribution >= 0.6 is 24.0 Å². The molecule has 0 bridgehead atoms. The quantitative estimate of drug-likeness (QED) is 0.735. The van der Waals surface area contributed by atoms with Crippen LogP contribution in [0.3, 0.4) is 0 Å². The second-order valence-corrected chi connectivity index (χ2v) is 3.02. The lowest BCUT2D eigenvalue weighted by molar-refractivity contribution is 0.456. The first-order chi connectivity index (χ1) is 6.07. The Kier molecular flexibility index (Phi) is 5.15. The van der Waals surface area contributed by atoms with E-state index in [1.165, 1.54) is 6.07 Å². The minimum Gasteiger partial charge on any atom is -0.506 e. The molecule has 1 atom stereocenters. The average molecular weight is 241 g/mol. The third-order valence-electron chi connectivity index (χ3n) is 1.75. The van der Waals surface area contributed by atoms with Crippen LogP contribution in [0.4, 0.5) is 4.39 Å². The molecule has 3 nitrogen and oxygen atoms in total. The second-order valence-electron chi connectivity index (χ2n) is 2.64. The molecule has 0 radical (unpaired) electrons. The summed E-state index contributed by atoms with van der Waals surface area (Å²) in [6.07, 6.45) is 0. The molecule has 0 unspecified atom stereocenters. The molecule has 0 heterocycles. The van der Waals surface area contributed by atoms with E-state index in [1.807, 2.05) is 0 Å². The number of phenols is 1. The van der Waals surface area contributed by atoms with E-state index in [2.05, 4.69) is 0 Å². The van der Waals surface area contributed by atoms with Crippen LogP contribution in [0.2, 0.25) is 5.02 Å². The summed E-state index contributed by atoms with van der Waals surface area (Å²) >= 11 is 5.46. The van der Waals surface area contributed by atoms with Crippen molar-refractivity contribution in [2.24, 2.45) is 11.5 Å². The normalized spacial score (nSPS) is 12.0. The molecule has 0 amide bonds. The number of hydrogen-bond acceptors (Lipinski definition) is 3. The van der Waals surface area contributed by atoms with Crippen molar-refractivity contribution < 1.29 is 9.50 Å². The molecule has 0 aliphatic rings. The van der Waals surface area contributed by atoms with Crippen LogP contribution in [0.25, 0.3) is 0 Å². The molecule has 1 aromatic rings. The molecule has 0 fully saturated rings. The van der Waals surface area contributed by atoms with Gasteiger partial charge in [-0.2, -0.15) is 0 Å². The maximum absolute atomic E-state index is 12.8. The number of phenolic OH excluding ortho intramolecular Hbond substituents is 1. The second kappa shape index (κ2) is 5.36. The summed E-state index contributed by atoms with van der Waals surface area (Å²) < 4.78 is 12.8. The third kappa shape index (κ3) is 2.48. The molecule has 80 valence electrons. The largest absolute Gasteiger partial charge is 0.506 e. The predicted octanol–water partition coefficient (Wildman–Crippen LogP) is 1.56. The Balaban J connectivity index is 0.00000169. The molecule has 6 heteroatoms. The topological polar surface area (TPSA) is 72.3 Å². The number of hydrogen-bond donors (Lipinski definition) is 3. The van der Waals surface area contributed by atoms with Gasteiger partial charge in [0, 0.05) is 18.2 Å². The van der Waals surface area contributed by atoms with Crippen LogP contribution in [0.5, 0.6) is 5.75 Å². The Labute approximate surface area is 92.3 Å². The molecule has 0 aliphatic carbocycles. The highest BCUT2D eigenvalue weighted by Gasteiger charge is 2.14. The number of benzene rings is 1. The summed E-state index contributed by atoms with van der Waals surface area (Å²) in [6.45, 7) is 0.162. The zero-order valence-electron chi connectivity index (χ0n) is 7.21. The molecule has 1 rings (SSSR count). The highest BCUT2D eigenvalue weighted by molar-refractivity contribution is 6.32. The summed E-state index contributed by atoms with van der Waals surface area (Å²) in [4.78, 5) is 0. The summed E-state index contributed by atoms with van der Waals surface area (Å²) in [7, 11) is 0. The van der Waals surface area contributed by atoms with Crippen LogP contribution in [0.15, 0.2) is 12.1 Å². The lowest BCUT2D eigenvalue weighted by atomic mass is 10.1. The van der Waals surface area contributed by atoms with Crippen molar-refractivity contribution in [2.45, 2.75) is 6.04 Å². The molecule has 0 aromatic heterocycles. The van der Waals surface area contributed by atoms with Crippen molar-refractivity contribution in [3.63, 3.8) is 0 Å². The van der Waals surface area contributed by atoms with E-state index >= 15 is 0 Å².